The first-order chi connectivity index (χ1) is 8.33. The number of hydrogen-bond donors (Lipinski definition) is 0. The summed E-state index contributed by atoms with van der Waals surface area (Å²) >= 11 is 6.92. The quantitative estimate of drug-likeness (QED) is 0.523. The third kappa shape index (κ3) is 2.09. The molecule has 4 heteroatoms. The maximum absolute atomic E-state index is 3.49. The van der Waals surface area contributed by atoms with Crippen molar-refractivity contribution in [1.82, 2.24) is 0 Å². The zero-order valence-electron chi connectivity index (χ0n) is 8.74. The Morgan fingerprint density at radius 1 is 0.941 bits per heavy atom. The van der Waals surface area contributed by atoms with E-state index in [1.54, 1.807) is 20.4 Å². The van der Waals surface area contributed by atoms with Crippen LogP contribution >= 0.6 is 50.0 Å². The van der Waals surface area contributed by atoms with Crippen molar-refractivity contribution in [3.8, 4) is 11.1 Å². The summed E-state index contributed by atoms with van der Waals surface area (Å²) in [5.74, 6) is 0. The highest BCUT2D eigenvalue weighted by Gasteiger charge is 2.20. The van der Waals surface area contributed by atoms with Crippen molar-refractivity contribution in [2.75, 3.05) is 0 Å². The molecule has 2 aromatic carbocycles. The summed E-state index contributed by atoms with van der Waals surface area (Å²) < 4.78 is 0. The number of rotatable bonds is 2. The van der Waals surface area contributed by atoms with Gasteiger partial charge in [-0.15, -0.1) is 0 Å². The van der Waals surface area contributed by atoms with Crippen LogP contribution < -0.4 is 0 Å². The van der Waals surface area contributed by atoms with E-state index in [1.165, 1.54) is 32.0 Å². The van der Waals surface area contributed by atoms with Gasteiger partial charge in [0.1, 0.15) is 0 Å². The van der Waals surface area contributed by atoms with Crippen LogP contribution in [0.5, 0.6) is 0 Å². The standard InChI is InChI=1S/C13H8Br2S2/c14-16-9-4-5-10-8(6-9)7-12-11(10)2-1-3-13(12)17-15/h1-6H,7H2. The van der Waals surface area contributed by atoms with E-state index >= 15 is 0 Å². The van der Waals surface area contributed by atoms with Gasteiger partial charge in [0, 0.05) is 9.79 Å². The molecule has 0 amide bonds. The third-order valence-electron chi connectivity index (χ3n) is 3.04. The molecule has 1 aliphatic rings. The second-order valence-corrected chi connectivity index (χ2v) is 7.09. The molecule has 0 bridgehead atoms. The lowest BCUT2D eigenvalue weighted by Crippen LogP contribution is -1.83. The molecule has 3 rings (SSSR count). The third-order valence-corrected chi connectivity index (χ3v) is 6.19. The lowest BCUT2D eigenvalue weighted by atomic mass is 10.1. The highest BCUT2D eigenvalue weighted by atomic mass is 79.9. The van der Waals surface area contributed by atoms with Crippen LogP contribution in [0.3, 0.4) is 0 Å². The molecule has 1 aliphatic carbocycles. The van der Waals surface area contributed by atoms with Gasteiger partial charge < -0.3 is 0 Å². The Morgan fingerprint density at radius 2 is 1.82 bits per heavy atom. The molecule has 0 spiro atoms. The van der Waals surface area contributed by atoms with Gasteiger partial charge in [0.25, 0.3) is 0 Å². The van der Waals surface area contributed by atoms with E-state index in [0.717, 1.165) is 6.42 Å². The normalized spacial score (nSPS) is 12.4. The Hall–Kier alpha value is 0.1000. The molecule has 0 saturated heterocycles. The van der Waals surface area contributed by atoms with E-state index in [2.05, 4.69) is 66.0 Å². The van der Waals surface area contributed by atoms with Crippen LogP contribution in [0.4, 0.5) is 0 Å². The molecule has 0 N–H and O–H groups in total. The Morgan fingerprint density at radius 3 is 2.59 bits per heavy atom. The van der Waals surface area contributed by atoms with Crippen molar-refractivity contribution in [3.63, 3.8) is 0 Å². The van der Waals surface area contributed by atoms with E-state index in [4.69, 9.17) is 0 Å². The molecule has 0 unspecified atom stereocenters. The van der Waals surface area contributed by atoms with Crippen LogP contribution in [0.2, 0.25) is 0 Å². The van der Waals surface area contributed by atoms with Crippen molar-refractivity contribution in [1.29, 1.82) is 0 Å². The molecule has 0 aliphatic heterocycles. The predicted molar refractivity (Wildman–Crippen MR) is 84.3 cm³/mol. The SMILES string of the molecule is BrSc1ccc2c(c1)Cc1c(SBr)cccc1-2. The Kier molecular flexibility index (Phi) is 3.57. The number of halogens is 2. The summed E-state index contributed by atoms with van der Waals surface area (Å²) in [4.78, 5) is 2.59. The average molecular weight is 388 g/mol. The van der Waals surface area contributed by atoms with Gasteiger partial charge >= 0.3 is 0 Å². The molecule has 86 valence electrons. The zero-order chi connectivity index (χ0) is 11.8. The minimum absolute atomic E-state index is 1.04. The van der Waals surface area contributed by atoms with Gasteiger partial charge in [-0.3, -0.25) is 0 Å². The molecular formula is C13H8Br2S2. The minimum Gasteiger partial charge on any atom is -0.0605 e. The summed E-state index contributed by atoms with van der Waals surface area (Å²) in [6, 6.07) is 13.2. The molecule has 0 saturated carbocycles. The molecule has 0 nitrogen and oxygen atoms in total. The number of benzene rings is 2. The smallest absolute Gasteiger partial charge is 0.0229 e. The molecule has 0 aromatic heterocycles. The zero-order valence-corrected chi connectivity index (χ0v) is 13.5. The van der Waals surface area contributed by atoms with E-state index in [-0.39, 0.29) is 0 Å². The van der Waals surface area contributed by atoms with E-state index in [9.17, 15) is 0 Å². The summed E-state index contributed by atoms with van der Waals surface area (Å²) in [5.41, 5.74) is 5.64. The number of hydrogen-bond acceptors (Lipinski definition) is 2. The highest BCUT2D eigenvalue weighted by molar-refractivity contribution is 9.50. The Balaban J connectivity index is 2.16. The first kappa shape index (κ1) is 12.2. The van der Waals surface area contributed by atoms with E-state index in [1.807, 2.05) is 0 Å². The molecule has 0 fully saturated rings. The Labute approximate surface area is 124 Å². The van der Waals surface area contributed by atoms with Crippen LogP contribution in [0.15, 0.2) is 46.2 Å². The molecule has 0 radical (unpaired) electrons. The van der Waals surface area contributed by atoms with Crippen molar-refractivity contribution in [2.45, 2.75) is 16.2 Å². The largest absolute Gasteiger partial charge is 0.0605 e. The van der Waals surface area contributed by atoms with Crippen LogP contribution in [-0.2, 0) is 6.42 Å². The van der Waals surface area contributed by atoms with Gasteiger partial charge in [-0.25, -0.2) is 0 Å². The van der Waals surface area contributed by atoms with Crippen LogP contribution in [-0.4, -0.2) is 0 Å². The van der Waals surface area contributed by atoms with Crippen molar-refractivity contribution in [3.05, 3.63) is 47.5 Å². The van der Waals surface area contributed by atoms with Gasteiger partial charge in [-0.05, 0) is 96.9 Å². The maximum atomic E-state index is 3.49. The predicted octanol–water partition coefficient (Wildman–Crippen LogP) is 6.06. The average Bonchev–Trinajstić information content (AvgIpc) is 2.75. The van der Waals surface area contributed by atoms with Crippen molar-refractivity contribution in [2.24, 2.45) is 0 Å². The Bertz CT molecular complexity index is 582. The van der Waals surface area contributed by atoms with Gasteiger partial charge in [-0.1, -0.05) is 18.2 Å². The molecule has 0 heterocycles. The van der Waals surface area contributed by atoms with Crippen LogP contribution in [0.1, 0.15) is 11.1 Å². The van der Waals surface area contributed by atoms with Crippen LogP contribution in [0, 0.1) is 0 Å². The minimum atomic E-state index is 1.04. The van der Waals surface area contributed by atoms with Crippen molar-refractivity contribution < 1.29 is 0 Å². The summed E-state index contributed by atoms with van der Waals surface area (Å²) in [7, 11) is 3.27. The van der Waals surface area contributed by atoms with Gasteiger partial charge in [0.2, 0.25) is 0 Å². The highest BCUT2D eigenvalue weighted by Crippen LogP contribution is 2.43. The summed E-state index contributed by atoms with van der Waals surface area (Å²) in [6.45, 7) is 0. The first-order valence-electron chi connectivity index (χ1n) is 5.16. The number of fused-ring (bicyclic) bond motifs is 3. The monoisotopic (exact) mass is 386 g/mol. The van der Waals surface area contributed by atoms with E-state index < -0.39 is 0 Å². The molecular weight excluding hydrogens is 380 g/mol. The van der Waals surface area contributed by atoms with Crippen LogP contribution in [0.25, 0.3) is 11.1 Å². The topological polar surface area (TPSA) is 0 Å². The lowest BCUT2D eigenvalue weighted by molar-refractivity contribution is 1.18. The summed E-state index contributed by atoms with van der Waals surface area (Å²) in [6.07, 6.45) is 1.04. The first-order valence-corrected chi connectivity index (χ1v) is 10.5. The molecule has 0 atom stereocenters. The fourth-order valence-electron chi connectivity index (χ4n) is 2.29. The van der Waals surface area contributed by atoms with Gasteiger partial charge in [0.05, 0.1) is 0 Å². The fraction of sp³-hybridized carbons (Fsp3) is 0.0769. The molecule has 2 aromatic rings. The summed E-state index contributed by atoms with van der Waals surface area (Å²) in [5, 5.41) is 0. The molecule has 17 heavy (non-hydrogen) atoms. The maximum Gasteiger partial charge on any atom is 0.0229 e. The lowest BCUT2D eigenvalue weighted by Gasteiger charge is -2.04. The fourth-order valence-corrected chi connectivity index (χ4v) is 4.52. The second kappa shape index (κ2) is 5.00. The second-order valence-electron chi connectivity index (χ2n) is 3.93. The van der Waals surface area contributed by atoms with Crippen molar-refractivity contribution >= 4 is 50.0 Å². The van der Waals surface area contributed by atoms with Gasteiger partial charge in [-0.2, -0.15) is 0 Å². The van der Waals surface area contributed by atoms with Gasteiger partial charge in [0.15, 0.2) is 0 Å². The van der Waals surface area contributed by atoms with E-state index in [0.29, 0.717) is 0 Å².